The second-order valence-corrected chi connectivity index (χ2v) is 3.97. The van der Waals surface area contributed by atoms with Gasteiger partial charge in [0, 0.05) is 12.6 Å². The van der Waals surface area contributed by atoms with E-state index in [1.165, 1.54) is 0 Å². The zero-order valence-corrected chi connectivity index (χ0v) is 10.1. The second kappa shape index (κ2) is 7.68. The Kier molecular flexibility index (Phi) is 6.10. The molecule has 4 nitrogen and oxygen atoms in total. The Bertz CT molecular complexity index is 327. The molecular weight excluding hydrogens is 218 g/mol. The summed E-state index contributed by atoms with van der Waals surface area (Å²) < 4.78 is 5.07. The molecule has 2 N–H and O–H groups in total. The molecule has 1 amide bonds. The molecule has 1 aromatic rings. The number of aliphatic hydroxyl groups excluding tert-OH is 1. The van der Waals surface area contributed by atoms with Crippen molar-refractivity contribution in [3.8, 4) is 0 Å². The van der Waals surface area contributed by atoms with Crippen molar-refractivity contribution >= 4 is 6.09 Å². The van der Waals surface area contributed by atoms with Crippen molar-refractivity contribution in [1.29, 1.82) is 0 Å². The monoisotopic (exact) mass is 237 g/mol. The van der Waals surface area contributed by atoms with E-state index in [1.54, 1.807) is 0 Å². The van der Waals surface area contributed by atoms with Crippen LogP contribution in [0.5, 0.6) is 0 Å². The summed E-state index contributed by atoms with van der Waals surface area (Å²) >= 11 is 0. The van der Waals surface area contributed by atoms with Crippen LogP contribution in [0.15, 0.2) is 30.3 Å². The smallest absolute Gasteiger partial charge is 0.407 e. The number of alkyl carbamates (subject to hydrolysis) is 1. The fourth-order valence-electron chi connectivity index (χ4n) is 1.44. The first kappa shape index (κ1) is 13.5. The zero-order chi connectivity index (χ0) is 12.5. The molecule has 0 aliphatic rings. The molecule has 1 aromatic carbocycles. The third-order valence-electron chi connectivity index (χ3n) is 2.37. The molecule has 17 heavy (non-hydrogen) atoms. The third-order valence-corrected chi connectivity index (χ3v) is 2.37. The number of aliphatic hydroxyl groups is 1. The van der Waals surface area contributed by atoms with Crippen LogP contribution in [-0.2, 0) is 11.3 Å². The quantitative estimate of drug-likeness (QED) is 0.796. The molecule has 1 rings (SSSR count). The number of hydrogen-bond donors (Lipinski definition) is 2. The minimum absolute atomic E-state index is 0.0189. The number of hydrogen-bond acceptors (Lipinski definition) is 3. The van der Waals surface area contributed by atoms with E-state index in [-0.39, 0.29) is 19.3 Å². The fraction of sp³-hybridized carbons (Fsp3) is 0.462. The molecule has 0 saturated carbocycles. The highest BCUT2D eigenvalue weighted by molar-refractivity contribution is 5.67. The van der Waals surface area contributed by atoms with Gasteiger partial charge in [-0.05, 0) is 25.3 Å². The van der Waals surface area contributed by atoms with Gasteiger partial charge >= 0.3 is 6.09 Å². The Labute approximate surface area is 102 Å². The van der Waals surface area contributed by atoms with E-state index >= 15 is 0 Å². The van der Waals surface area contributed by atoms with E-state index in [2.05, 4.69) is 5.32 Å². The number of carbonyl (C=O) groups is 1. The predicted molar refractivity (Wildman–Crippen MR) is 65.5 cm³/mol. The van der Waals surface area contributed by atoms with E-state index in [1.807, 2.05) is 37.3 Å². The summed E-state index contributed by atoms with van der Waals surface area (Å²) in [6.45, 7) is 2.31. The fourth-order valence-corrected chi connectivity index (χ4v) is 1.44. The first-order valence-corrected chi connectivity index (χ1v) is 5.80. The van der Waals surface area contributed by atoms with Crippen molar-refractivity contribution in [3.05, 3.63) is 35.9 Å². The average molecular weight is 237 g/mol. The summed E-state index contributed by atoms with van der Waals surface area (Å²) in [5.74, 6) is 0. The molecule has 0 saturated heterocycles. The summed E-state index contributed by atoms with van der Waals surface area (Å²) in [5.41, 5.74) is 0.964. The normalized spacial score (nSPS) is 11.9. The Morgan fingerprint density at radius 3 is 2.76 bits per heavy atom. The SMILES string of the molecule is CC(CCCO)NC(=O)OCc1ccccc1. The highest BCUT2D eigenvalue weighted by atomic mass is 16.5. The lowest BCUT2D eigenvalue weighted by atomic mass is 10.2. The van der Waals surface area contributed by atoms with E-state index < -0.39 is 6.09 Å². The Hall–Kier alpha value is -1.55. The molecule has 0 aromatic heterocycles. The Morgan fingerprint density at radius 1 is 1.41 bits per heavy atom. The lowest BCUT2D eigenvalue weighted by Gasteiger charge is -2.13. The number of benzene rings is 1. The van der Waals surface area contributed by atoms with Crippen molar-refractivity contribution in [2.24, 2.45) is 0 Å². The van der Waals surface area contributed by atoms with Gasteiger partial charge in [0.15, 0.2) is 0 Å². The summed E-state index contributed by atoms with van der Waals surface area (Å²) in [7, 11) is 0. The molecule has 0 aliphatic heterocycles. The van der Waals surface area contributed by atoms with Gasteiger partial charge < -0.3 is 15.2 Å². The molecule has 0 radical (unpaired) electrons. The molecule has 0 aliphatic carbocycles. The van der Waals surface area contributed by atoms with Crippen LogP contribution in [0.25, 0.3) is 0 Å². The third kappa shape index (κ3) is 5.92. The van der Waals surface area contributed by atoms with Gasteiger partial charge in [0.25, 0.3) is 0 Å². The maximum atomic E-state index is 11.4. The van der Waals surface area contributed by atoms with Crippen molar-refractivity contribution in [2.75, 3.05) is 6.61 Å². The van der Waals surface area contributed by atoms with Crippen LogP contribution in [0, 0.1) is 0 Å². The number of ether oxygens (including phenoxy) is 1. The van der Waals surface area contributed by atoms with Crippen LogP contribution in [0.3, 0.4) is 0 Å². The van der Waals surface area contributed by atoms with Gasteiger partial charge in [0.2, 0.25) is 0 Å². The minimum Gasteiger partial charge on any atom is -0.445 e. The summed E-state index contributed by atoms with van der Waals surface area (Å²) in [4.78, 5) is 11.4. The topological polar surface area (TPSA) is 58.6 Å². The van der Waals surface area contributed by atoms with E-state index in [0.717, 1.165) is 12.0 Å². The number of amides is 1. The van der Waals surface area contributed by atoms with E-state index in [9.17, 15) is 4.79 Å². The van der Waals surface area contributed by atoms with Gasteiger partial charge in [0.05, 0.1) is 0 Å². The van der Waals surface area contributed by atoms with Crippen LogP contribution >= 0.6 is 0 Å². The molecule has 0 bridgehead atoms. The lowest BCUT2D eigenvalue weighted by Crippen LogP contribution is -2.33. The Morgan fingerprint density at radius 2 is 2.12 bits per heavy atom. The zero-order valence-electron chi connectivity index (χ0n) is 10.1. The highest BCUT2D eigenvalue weighted by Crippen LogP contribution is 2.01. The van der Waals surface area contributed by atoms with Gasteiger partial charge in [-0.2, -0.15) is 0 Å². The average Bonchev–Trinajstić information content (AvgIpc) is 2.35. The molecule has 94 valence electrons. The van der Waals surface area contributed by atoms with Gasteiger partial charge in [-0.3, -0.25) is 0 Å². The summed E-state index contributed by atoms with van der Waals surface area (Å²) in [6, 6.07) is 9.55. The van der Waals surface area contributed by atoms with Crippen LogP contribution in [-0.4, -0.2) is 23.8 Å². The van der Waals surface area contributed by atoms with Crippen LogP contribution in [0.4, 0.5) is 4.79 Å². The molecule has 1 unspecified atom stereocenters. The molecule has 0 spiro atoms. The van der Waals surface area contributed by atoms with E-state index in [0.29, 0.717) is 6.42 Å². The molecular formula is C13H19NO3. The van der Waals surface area contributed by atoms with Crippen molar-refractivity contribution in [1.82, 2.24) is 5.32 Å². The lowest BCUT2D eigenvalue weighted by molar-refractivity contribution is 0.135. The minimum atomic E-state index is -0.417. The van der Waals surface area contributed by atoms with Crippen LogP contribution in [0.1, 0.15) is 25.3 Å². The van der Waals surface area contributed by atoms with E-state index in [4.69, 9.17) is 9.84 Å². The maximum absolute atomic E-state index is 11.4. The largest absolute Gasteiger partial charge is 0.445 e. The molecule has 0 heterocycles. The van der Waals surface area contributed by atoms with Crippen molar-refractivity contribution in [2.45, 2.75) is 32.4 Å². The predicted octanol–water partition coefficient (Wildman–Crippen LogP) is 2.07. The highest BCUT2D eigenvalue weighted by Gasteiger charge is 2.07. The van der Waals surface area contributed by atoms with Gasteiger partial charge in [0.1, 0.15) is 6.61 Å². The van der Waals surface area contributed by atoms with Gasteiger partial charge in [-0.15, -0.1) is 0 Å². The molecule has 4 heteroatoms. The van der Waals surface area contributed by atoms with Gasteiger partial charge in [-0.25, -0.2) is 4.79 Å². The molecule has 1 atom stereocenters. The first-order chi connectivity index (χ1) is 8.22. The standard InChI is InChI=1S/C13H19NO3/c1-11(6-5-9-15)14-13(16)17-10-12-7-3-2-4-8-12/h2-4,7-8,11,15H,5-6,9-10H2,1H3,(H,14,16). The van der Waals surface area contributed by atoms with Crippen molar-refractivity contribution < 1.29 is 14.6 Å². The first-order valence-electron chi connectivity index (χ1n) is 5.80. The maximum Gasteiger partial charge on any atom is 0.407 e. The molecule has 0 fully saturated rings. The van der Waals surface area contributed by atoms with Gasteiger partial charge in [-0.1, -0.05) is 30.3 Å². The summed E-state index contributed by atoms with van der Waals surface area (Å²) in [5, 5.41) is 11.4. The second-order valence-electron chi connectivity index (χ2n) is 3.97. The Balaban J connectivity index is 2.21. The van der Waals surface area contributed by atoms with Crippen molar-refractivity contribution in [3.63, 3.8) is 0 Å². The number of carbonyl (C=O) groups excluding carboxylic acids is 1. The number of nitrogens with one attached hydrogen (secondary N) is 1. The van der Waals surface area contributed by atoms with Crippen LogP contribution in [0.2, 0.25) is 0 Å². The summed E-state index contributed by atoms with van der Waals surface area (Å²) in [6.07, 6.45) is 1.01. The number of rotatable bonds is 6. The van der Waals surface area contributed by atoms with Crippen LogP contribution < -0.4 is 5.32 Å².